The number of aliphatic hydroxyl groups excluding tert-OH is 1. The molecule has 1 aromatic heterocycles. The van der Waals surface area contributed by atoms with Gasteiger partial charge in [-0.15, -0.1) is 5.10 Å². The predicted molar refractivity (Wildman–Crippen MR) is 63.6 cm³/mol. The average molecular weight is 240 g/mol. The van der Waals surface area contributed by atoms with Crippen LogP contribution in [0.15, 0.2) is 4.42 Å². The highest BCUT2D eigenvalue weighted by Crippen LogP contribution is 2.29. The molecule has 2 rings (SSSR count). The molecule has 1 saturated carbocycles. The van der Waals surface area contributed by atoms with Crippen LogP contribution in [0.25, 0.3) is 0 Å². The van der Waals surface area contributed by atoms with Crippen LogP contribution in [0.2, 0.25) is 0 Å². The third-order valence-corrected chi connectivity index (χ3v) is 3.14. The molecule has 17 heavy (non-hydrogen) atoms. The maximum Gasteiger partial charge on any atom is 0.318 e. The molecule has 1 heterocycles. The van der Waals surface area contributed by atoms with Crippen LogP contribution >= 0.6 is 0 Å². The van der Waals surface area contributed by atoms with E-state index in [2.05, 4.69) is 15.1 Å². The molecule has 1 atom stereocenters. The first kappa shape index (κ1) is 12.3. The molecule has 0 amide bonds. The standard InChI is InChI=1S/C11H20N4O2/c1-8(12)10-13-14-11(17-10)15(6-3-7-16)9-4-2-5-9/h8-9,16H,2-7,12H2,1H3. The second kappa shape index (κ2) is 5.46. The van der Waals surface area contributed by atoms with Crippen molar-refractivity contribution in [2.75, 3.05) is 18.1 Å². The minimum absolute atomic E-state index is 0.178. The summed E-state index contributed by atoms with van der Waals surface area (Å²) in [6.07, 6.45) is 4.27. The SMILES string of the molecule is CC(N)c1nnc(N(CCCO)C2CCC2)o1. The van der Waals surface area contributed by atoms with E-state index >= 15 is 0 Å². The van der Waals surface area contributed by atoms with Gasteiger partial charge < -0.3 is 20.2 Å². The van der Waals surface area contributed by atoms with Gasteiger partial charge in [0.15, 0.2) is 0 Å². The molecule has 96 valence electrons. The topological polar surface area (TPSA) is 88.4 Å². The van der Waals surface area contributed by atoms with Crippen LogP contribution in [-0.2, 0) is 0 Å². The van der Waals surface area contributed by atoms with Gasteiger partial charge in [0.2, 0.25) is 5.89 Å². The number of nitrogens with zero attached hydrogens (tertiary/aromatic N) is 3. The number of aliphatic hydroxyl groups is 1. The van der Waals surface area contributed by atoms with E-state index < -0.39 is 0 Å². The lowest BCUT2D eigenvalue weighted by atomic mass is 9.91. The summed E-state index contributed by atoms with van der Waals surface area (Å²) >= 11 is 0. The van der Waals surface area contributed by atoms with Gasteiger partial charge in [-0.25, -0.2) is 0 Å². The molecular formula is C11H20N4O2. The van der Waals surface area contributed by atoms with E-state index in [4.69, 9.17) is 15.3 Å². The Morgan fingerprint density at radius 3 is 2.76 bits per heavy atom. The fourth-order valence-corrected chi connectivity index (χ4v) is 1.90. The van der Waals surface area contributed by atoms with Crippen LogP contribution < -0.4 is 10.6 Å². The Morgan fingerprint density at radius 1 is 1.53 bits per heavy atom. The van der Waals surface area contributed by atoms with Crippen molar-refractivity contribution in [3.05, 3.63) is 5.89 Å². The summed E-state index contributed by atoms with van der Waals surface area (Å²) in [4.78, 5) is 2.10. The van der Waals surface area contributed by atoms with Crippen molar-refractivity contribution in [1.82, 2.24) is 10.2 Å². The van der Waals surface area contributed by atoms with Crippen LogP contribution in [0.3, 0.4) is 0 Å². The summed E-state index contributed by atoms with van der Waals surface area (Å²) in [6.45, 7) is 2.75. The van der Waals surface area contributed by atoms with Crippen LogP contribution in [-0.4, -0.2) is 34.5 Å². The number of hydrogen-bond acceptors (Lipinski definition) is 6. The highest BCUT2D eigenvalue weighted by Gasteiger charge is 2.28. The van der Waals surface area contributed by atoms with Crippen molar-refractivity contribution in [3.63, 3.8) is 0 Å². The van der Waals surface area contributed by atoms with E-state index in [9.17, 15) is 0 Å². The van der Waals surface area contributed by atoms with Gasteiger partial charge in [0.1, 0.15) is 0 Å². The summed E-state index contributed by atoms with van der Waals surface area (Å²) < 4.78 is 5.56. The van der Waals surface area contributed by atoms with Gasteiger partial charge in [-0.3, -0.25) is 0 Å². The van der Waals surface area contributed by atoms with Crippen molar-refractivity contribution in [2.24, 2.45) is 5.73 Å². The second-order valence-electron chi connectivity index (χ2n) is 4.57. The van der Waals surface area contributed by atoms with Gasteiger partial charge in [-0.2, -0.15) is 0 Å². The van der Waals surface area contributed by atoms with Crippen LogP contribution in [0.1, 0.15) is 44.5 Å². The van der Waals surface area contributed by atoms with Crippen LogP contribution in [0.5, 0.6) is 0 Å². The molecule has 0 bridgehead atoms. The lowest BCUT2D eigenvalue weighted by molar-refractivity contribution is 0.279. The normalized spacial score (nSPS) is 17.8. The molecule has 6 nitrogen and oxygen atoms in total. The summed E-state index contributed by atoms with van der Waals surface area (Å²) in [5.74, 6) is 0.466. The van der Waals surface area contributed by atoms with Crippen molar-refractivity contribution >= 4 is 6.01 Å². The molecule has 1 aromatic rings. The van der Waals surface area contributed by atoms with Gasteiger partial charge in [0.05, 0.1) is 6.04 Å². The zero-order chi connectivity index (χ0) is 12.3. The van der Waals surface area contributed by atoms with Gasteiger partial charge in [-0.05, 0) is 32.6 Å². The quantitative estimate of drug-likeness (QED) is 0.765. The Kier molecular flexibility index (Phi) is 3.96. The third-order valence-electron chi connectivity index (χ3n) is 3.14. The molecule has 6 heteroatoms. The molecule has 0 saturated heterocycles. The molecule has 0 aromatic carbocycles. The minimum Gasteiger partial charge on any atom is -0.406 e. The average Bonchev–Trinajstić information content (AvgIpc) is 2.70. The Morgan fingerprint density at radius 2 is 2.29 bits per heavy atom. The van der Waals surface area contributed by atoms with Gasteiger partial charge >= 0.3 is 6.01 Å². The largest absolute Gasteiger partial charge is 0.406 e. The number of rotatable bonds is 6. The summed E-state index contributed by atoms with van der Waals surface area (Å²) in [6, 6.07) is 0.774. The molecule has 0 spiro atoms. The van der Waals surface area contributed by atoms with E-state index in [1.54, 1.807) is 0 Å². The first-order chi connectivity index (χ1) is 8.22. The van der Waals surface area contributed by atoms with E-state index in [1.165, 1.54) is 6.42 Å². The molecule has 0 radical (unpaired) electrons. The molecule has 1 unspecified atom stereocenters. The fourth-order valence-electron chi connectivity index (χ4n) is 1.90. The van der Waals surface area contributed by atoms with Crippen molar-refractivity contribution in [1.29, 1.82) is 0 Å². The monoisotopic (exact) mass is 240 g/mol. The number of anilines is 1. The smallest absolute Gasteiger partial charge is 0.318 e. The minimum atomic E-state index is -0.239. The molecule has 1 aliphatic rings. The van der Waals surface area contributed by atoms with Crippen molar-refractivity contribution in [2.45, 2.75) is 44.7 Å². The van der Waals surface area contributed by atoms with E-state index in [0.29, 0.717) is 24.4 Å². The molecular weight excluding hydrogens is 220 g/mol. The molecule has 3 N–H and O–H groups in total. The summed E-state index contributed by atoms with van der Waals surface area (Å²) in [5.41, 5.74) is 5.70. The summed E-state index contributed by atoms with van der Waals surface area (Å²) in [7, 11) is 0. The van der Waals surface area contributed by atoms with Gasteiger partial charge in [0.25, 0.3) is 0 Å². The zero-order valence-electron chi connectivity index (χ0n) is 10.2. The van der Waals surface area contributed by atoms with E-state index in [1.807, 2.05) is 6.92 Å². The van der Waals surface area contributed by atoms with Crippen molar-refractivity contribution in [3.8, 4) is 0 Å². The van der Waals surface area contributed by atoms with E-state index in [0.717, 1.165) is 19.4 Å². The van der Waals surface area contributed by atoms with Gasteiger partial charge in [0, 0.05) is 19.2 Å². The lowest BCUT2D eigenvalue weighted by Crippen LogP contribution is -2.41. The Balaban J connectivity index is 2.07. The molecule has 1 fully saturated rings. The van der Waals surface area contributed by atoms with Crippen molar-refractivity contribution < 1.29 is 9.52 Å². The second-order valence-corrected chi connectivity index (χ2v) is 4.57. The predicted octanol–water partition coefficient (Wildman–Crippen LogP) is 0.831. The van der Waals surface area contributed by atoms with E-state index in [-0.39, 0.29) is 12.6 Å². The Bertz CT molecular complexity index is 349. The third kappa shape index (κ3) is 2.76. The number of hydrogen-bond donors (Lipinski definition) is 2. The van der Waals surface area contributed by atoms with Gasteiger partial charge in [-0.1, -0.05) is 5.10 Å². The zero-order valence-corrected chi connectivity index (χ0v) is 10.2. The first-order valence-electron chi connectivity index (χ1n) is 6.19. The summed E-state index contributed by atoms with van der Waals surface area (Å²) in [5, 5.41) is 16.9. The lowest BCUT2D eigenvalue weighted by Gasteiger charge is -2.36. The van der Waals surface area contributed by atoms with Crippen LogP contribution in [0, 0.1) is 0 Å². The molecule has 0 aliphatic heterocycles. The Hall–Kier alpha value is -1.14. The first-order valence-corrected chi connectivity index (χ1v) is 6.19. The van der Waals surface area contributed by atoms with Crippen LogP contribution in [0.4, 0.5) is 6.01 Å². The maximum absolute atomic E-state index is 8.91. The highest BCUT2D eigenvalue weighted by molar-refractivity contribution is 5.28. The highest BCUT2D eigenvalue weighted by atomic mass is 16.4. The fraction of sp³-hybridized carbons (Fsp3) is 0.818. The Labute approximate surface area is 101 Å². The molecule has 1 aliphatic carbocycles. The number of nitrogens with two attached hydrogens (primary N) is 1. The number of aromatic nitrogens is 2. The maximum atomic E-state index is 8.91.